The fourth-order valence-electron chi connectivity index (χ4n) is 1.25. The van der Waals surface area contributed by atoms with Gasteiger partial charge in [-0.2, -0.15) is 0 Å². The Morgan fingerprint density at radius 1 is 1.36 bits per heavy atom. The molecule has 0 aliphatic rings. The third kappa shape index (κ3) is 2.74. The van der Waals surface area contributed by atoms with Gasteiger partial charge in [-0.1, -0.05) is 41.9 Å². The Bertz CT molecular complexity index is 294. The zero-order valence-electron chi connectivity index (χ0n) is 9.01. The third-order valence-electron chi connectivity index (χ3n) is 2.26. The Morgan fingerprint density at radius 3 is 2.64 bits per heavy atom. The number of ether oxygens (including phenoxy) is 1. The molecule has 1 rings (SSSR count). The average Bonchev–Trinajstić information content (AvgIpc) is 2.19. The van der Waals surface area contributed by atoms with E-state index in [0.29, 0.717) is 0 Å². The fraction of sp³-hybridized carbons (Fsp3) is 0.500. The molecule has 0 spiro atoms. The summed E-state index contributed by atoms with van der Waals surface area (Å²) in [5.74, 6) is 0.957. The third-order valence-corrected chi connectivity index (χ3v) is 3.66. The molecule has 0 amide bonds. The van der Waals surface area contributed by atoms with Gasteiger partial charge in [-0.15, -0.1) is 0 Å². The van der Waals surface area contributed by atoms with Gasteiger partial charge in [0.1, 0.15) is 5.75 Å². The SMILES string of the molecule is CCOc1cccc(C(C)(C)CBr)c1. The van der Waals surface area contributed by atoms with E-state index in [1.54, 1.807) is 0 Å². The van der Waals surface area contributed by atoms with Gasteiger partial charge in [-0.05, 0) is 30.0 Å². The number of halogens is 1. The van der Waals surface area contributed by atoms with Crippen LogP contribution in [0.15, 0.2) is 24.3 Å². The second kappa shape index (κ2) is 4.83. The topological polar surface area (TPSA) is 9.23 Å². The van der Waals surface area contributed by atoms with Crippen LogP contribution in [0.2, 0.25) is 0 Å². The molecule has 0 bridgehead atoms. The van der Waals surface area contributed by atoms with Crippen LogP contribution in [-0.2, 0) is 5.41 Å². The van der Waals surface area contributed by atoms with Gasteiger partial charge < -0.3 is 4.74 Å². The van der Waals surface area contributed by atoms with E-state index in [4.69, 9.17) is 4.74 Å². The molecule has 0 aliphatic heterocycles. The fourth-order valence-corrected chi connectivity index (χ4v) is 1.57. The molecule has 0 atom stereocenters. The summed E-state index contributed by atoms with van der Waals surface area (Å²) < 4.78 is 5.47. The van der Waals surface area contributed by atoms with Crippen molar-refractivity contribution in [3.05, 3.63) is 29.8 Å². The van der Waals surface area contributed by atoms with E-state index >= 15 is 0 Å². The highest BCUT2D eigenvalue weighted by Gasteiger charge is 2.18. The van der Waals surface area contributed by atoms with E-state index < -0.39 is 0 Å². The first-order valence-corrected chi connectivity index (χ1v) is 6.01. The van der Waals surface area contributed by atoms with Crippen LogP contribution in [0.5, 0.6) is 5.75 Å². The van der Waals surface area contributed by atoms with Gasteiger partial charge in [0.25, 0.3) is 0 Å². The predicted molar refractivity (Wildman–Crippen MR) is 64.4 cm³/mol. The van der Waals surface area contributed by atoms with Gasteiger partial charge in [0.05, 0.1) is 6.61 Å². The molecule has 0 aromatic heterocycles. The number of alkyl halides is 1. The largest absolute Gasteiger partial charge is 0.494 e. The maximum atomic E-state index is 5.47. The maximum Gasteiger partial charge on any atom is 0.119 e. The summed E-state index contributed by atoms with van der Waals surface area (Å²) in [6.07, 6.45) is 0. The minimum absolute atomic E-state index is 0.160. The zero-order valence-corrected chi connectivity index (χ0v) is 10.6. The van der Waals surface area contributed by atoms with E-state index in [1.807, 2.05) is 19.1 Å². The van der Waals surface area contributed by atoms with Crippen LogP contribution in [0.1, 0.15) is 26.3 Å². The van der Waals surface area contributed by atoms with Gasteiger partial charge in [-0.25, -0.2) is 0 Å². The molecule has 0 aliphatic carbocycles. The minimum atomic E-state index is 0.160. The van der Waals surface area contributed by atoms with Gasteiger partial charge in [0.2, 0.25) is 0 Å². The van der Waals surface area contributed by atoms with Gasteiger partial charge in [0, 0.05) is 5.33 Å². The van der Waals surface area contributed by atoms with E-state index in [9.17, 15) is 0 Å². The summed E-state index contributed by atoms with van der Waals surface area (Å²) in [6, 6.07) is 8.30. The van der Waals surface area contributed by atoms with Crippen LogP contribution < -0.4 is 4.74 Å². The standard InChI is InChI=1S/C12H17BrO/c1-4-14-11-7-5-6-10(8-11)12(2,3)9-13/h5-8H,4,9H2,1-3H3. The summed E-state index contributed by atoms with van der Waals surface area (Å²) in [5.41, 5.74) is 1.47. The molecule has 0 radical (unpaired) electrons. The Kier molecular flexibility index (Phi) is 3.99. The zero-order chi connectivity index (χ0) is 10.6. The van der Waals surface area contributed by atoms with Crippen molar-refractivity contribution < 1.29 is 4.74 Å². The summed E-state index contributed by atoms with van der Waals surface area (Å²) in [6.45, 7) is 7.15. The molecule has 1 aromatic carbocycles. The predicted octanol–water partition coefficient (Wildman–Crippen LogP) is 3.76. The molecule has 78 valence electrons. The van der Waals surface area contributed by atoms with Crippen molar-refractivity contribution in [3.8, 4) is 5.75 Å². The van der Waals surface area contributed by atoms with E-state index in [-0.39, 0.29) is 5.41 Å². The van der Waals surface area contributed by atoms with E-state index in [1.165, 1.54) is 5.56 Å². The first-order valence-electron chi connectivity index (χ1n) is 4.89. The molecular weight excluding hydrogens is 240 g/mol. The van der Waals surface area contributed by atoms with Crippen LogP contribution in [0.3, 0.4) is 0 Å². The Labute approximate surface area is 94.6 Å². The first kappa shape index (κ1) is 11.6. The molecule has 0 N–H and O–H groups in total. The lowest BCUT2D eigenvalue weighted by molar-refractivity contribution is 0.339. The molecular formula is C12H17BrO. The Balaban J connectivity index is 2.93. The van der Waals surface area contributed by atoms with Crippen molar-refractivity contribution in [3.63, 3.8) is 0 Å². The smallest absolute Gasteiger partial charge is 0.119 e. The number of rotatable bonds is 4. The lowest BCUT2D eigenvalue weighted by Gasteiger charge is -2.22. The first-order chi connectivity index (χ1) is 6.60. The molecule has 14 heavy (non-hydrogen) atoms. The quantitative estimate of drug-likeness (QED) is 0.746. The summed E-state index contributed by atoms with van der Waals surface area (Å²) >= 11 is 3.53. The molecule has 1 nitrogen and oxygen atoms in total. The minimum Gasteiger partial charge on any atom is -0.494 e. The molecule has 0 heterocycles. The monoisotopic (exact) mass is 256 g/mol. The Hall–Kier alpha value is -0.500. The molecule has 0 saturated heterocycles. The summed E-state index contributed by atoms with van der Waals surface area (Å²) in [5, 5.41) is 0.954. The summed E-state index contributed by atoms with van der Waals surface area (Å²) in [7, 11) is 0. The molecule has 0 unspecified atom stereocenters. The summed E-state index contributed by atoms with van der Waals surface area (Å²) in [4.78, 5) is 0. The lowest BCUT2D eigenvalue weighted by Crippen LogP contribution is -2.18. The van der Waals surface area contributed by atoms with Gasteiger partial charge in [0.15, 0.2) is 0 Å². The number of hydrogen-bond acceptors (Lipinski definition) is 1. The van der Waals surface area contributed by atoms with Crippen LogP contribution >= 0.6 is 15.9 Å². The van der Waals surface area contributed by atoms with Crippen LogP contribution in [0.4, 0.5) is 0 Å². The van der Waals surface area contributed by atoms with Crippen molar-refractivity contribution in [1.29, 1.82) is 0 Å². The van der Waals surface area contributed by atoms with Crippen molar-refractivity contribution in [2.24, 2.45) is 0 Å². The molecule has 2 heteroatoms. The van der Waals surface area contributed by atoms with Crippen molar-refractivity contribution >= 4 is 15.9 Å². The van der Waals surface area contributed by atoms with Crippen molar-refractivity contribution in [2.75, 3.05) is 11.9 Å². The van der Waals surface area contributed by atoms with Crippen LogP contribution in [0.25, 0.3) is 0 Å². The molecule has 1 aromatic rings. The van der Waals surface area contributed by atoms with Gasteiger partial charge >= 0.3 is 0 Å². The highest BCUT2D eigenvalue weighted by Crippen LogP contribution is 2.27. The highest BCUT2D eigenvalue weighted by molar-refractivity contribution is 9.09. The number of hydrogen-bond donors (Lipinski definition) is 0. The molecule has 0 fully saturated rings. The van der Waals surface area contributed by atoms with Crippen LogP contribution in [0, 0.1) is 0 Å². The normalized spacial score (nSPS) is 11.4. The maximum absolute atomic E-state index is 5.47. The number of benzene rings is 1. The van der Waals surface area contributed by atoms with Crippen molar-refractivity contribution in [2.45, 2.75) is 26.2 Å². The highest BCUT2D eigenvalue weighted by atomic mass is 79.9. The van der Waals surface area contributed by atoms with E-state index in [0.717, 1.165) is 17.7 Å². The average molecular weight is 257 g/mol. The van der Waals surface area contributed by atoms with Crippen LogP contribution in [-0.4, -0.2) is 11.9 Å². The van der Waals surface area contributed by atoms with E-state index in [2.05, 4.69) is 41.9 Å². The van der Waals surface area contributed by atoms with Gasteiger partial charge in [-0.3, -0.25) is 0 Å². The van der Waals surface area contributed by atoms with Crippen molar-refractivity contribution in [1.82, 2.24) is 0 Å². The molecule has 0 saturated carbocycles. The second-order valence-corrected chi connectivity index (χ2v) is 4.54. The second-order valence-electron chi connectivity index (χ2n) is 3.98. The lowest BCUT2D eigenvalue weighted by atomic mass is 9.87. The Morgan fingerprint density at radius 2 is 2.07 bits per heavy atom.